The van der Waals surface area contributed by atoms with Crippen LogP contribution in [0.15, 0.2) is 23.3 Å². The Labute approximate surface area is 102 Å². The molecule has 0 aromatic heterocycles. The van der Waals surface area contributed by atoms with Crippen molar-refractivity contribution in [2.75, 3.05) is 13.2 Å². The number of hydrazone groups is 1. The average molecular weight is 259 g/mol. The first-order valence-electron chi connectivity index (χ1n) is 4.60. The second kappa shape index (κ2) is 4.72. The zero-order valence-electron chi connectivity index (χ0n) is 8.19. The lowest BCUT2D eigenvalue weighted by molar-refractivity contribution is 0.159. The molecular formula is C10H8Cl2N2O2. The maximum Gasteiger partial charge on any atom is 0.430 e. The molecule has 1 aliphatic heterocycles. The molecule has 1 saturated heterocycles. The topological polar surface area (TPSA) is 41.9 Å². The van der Waals surface area contributed by atoms with Crippen molar-refractivity contribution in [3.8, 4) is 0 Å². The summed E-state index contributed by atoms with van der Waals surface area (Å²) in [6.45, 7) is 0.824. The van der Waals surface area contributed by atoms with Gasteiger partial charge in [0.15, 0.2) is 0 Å². The van der Waals surface area contributed by atoms with E-state index in [2.05, 4.69) is 5.10 Å². The van der Waals surface area contributed by atoms with Crippen molar-refractivity contribution in [2.24, 2.45) is 5.10 Å². The fourth-order valence-corrected chi connectivity index (χ4v) is 1.69. The third-order valence-corrected chi connectivity index (χ3v) is 2.60. The maximum absolute atomic E-state index is 11.1. The molecule has 0 saturated carbocycles. The fraction of sp³-hybridized carbons (Fsp3) is 0.200. The van der Waals surface area contributed by atoms with E-state index in [9.17, 15) is 4.79 Å². The van der Waals surface area contributed by atoms with Gasteiger partial charge < -0.3 is 4.74 Å². The molecule has 0 unspecified atom stereocenters. The van der Waals surface area contributed by atoms with Gasteiger partial charge in [-0.3, -0.25) is 0 Å². The van der Waals surface area contributed by atoms with Crippen molar-refractivity contribution in [3.63, 3.8) is 0 Å². The van der Waals surface area contributed by atoms with Gasteiger partial charge in [-0.1, -0.05) is 29.3 Å². The predicted octanol–water partition coefficient (Wildman–Crippen LogP) is 2.78. The number of carbonyl (C=O) groups is 1. The van der Waals surface area contributed by atoms with Gasteiger partial charge in [0.1, 0.15) is 6.61 Å². The molecule has 84 valence electrons. The summed E-state index contributed by atoms with van der Waals surface area (Å²) in [4.78, 5) is 11.1. The van der Waals surface area contributed by atoms with Gasteiger partial charge in [0.25, 0.3) is 0 Å². The van der Waals surface area contributed by atoms with Crippen molar-refractivity contribution < 1.29 is 9.53 Å². The molecule has 0 spiro atoms. The van der Waals surface area contributed by atoms with E-state index in [0.29, 0.717) is 28.8 Å². The number of cyclic esters (lactones) is 1. The van der Waals surface area contributed by atoms with Crippen molar-refractivity contribution in [2.45, 2.75) is 0 Å². The molecule has 0 radical (unpaired) electrons. The molecule has 4 nitrogen and oxygen atoms in total. The standard InChI is InChI=1S/C10H8Cl2N2O2/c11-8-2-1-7(9(12)5-8)6-13-14-3-4-16-10(14)15/h1-2,5-6H,3-4H2/b13-6+. The molecule has 0 aliphatic carbocycles. The lowest BCUT2D eigenvalue weighted by atomic mass is 10.2. The van der Waals surface area contributed by atoms with Gasteiger partial charge in [-0.25, -0.2) is 4.79 Å². The third-order valence-electron chi connectivity index (χ3n) is 2.04. The minimum absolute atomic E-state index is 0.366. The van der Waals surface area contributed by atoms with Crippen LogP contribution in [0.3, 0.4) is 0 Å². The molecule has 1 aromatic carbocycles. The van der Waals surface area contributed by atoms with E-state index < -0.39 is 6.09 Å². The highest BCUT2D eigenvalue weighted by Gasteiger charge is 2.20. The van der Waals surface area contributed by atoms with Crippen LogP contribution in [0, 0.1) is 0 Å². The average Bonchev–Trinajstić information content (AvgIpc) is 2.63. The van der Waals surface area contributed by atoms with Gasteiger partial charge in [0, 0.05) is 10.6 Å². The van der Waals surface area contributed by atoms with Crippen LogP contribution < -0.4 is 0 Å². The van der Waals surface area contributed by atoms with E-state index in [1.807, 2.05) is 0 Å². The van der Waals surface area contributed by atoms with Gasteiger partial charge in [-0.2, -0.15) is 10.1 Å². The first kappa shape index (κ1) is 11.2. The summed E-state index contributed by atoms with van der Waals surface area (Å²) in [5.41, 5.74) is 0.700. The summed E-state index contributed by atoms with van der Waals surface area (Å²) in [6.07, 6.45) is 1.06. The van der Waals surface area contributed by atoms with Crippen molar-refractivity contribution in [1.29, 1.82) is 0 Å². The molecule has 1 aliphatic rings. The normalized spacial score (nSPS) is 15.9. The van der Waals surface area contributed by atoms with Crippen LogP contribution in [0.2, 0.25) is 10.0 Å². The number of rotatable bonds is 2. The number of carbonyl (C=O) groups excluding carboxylic acids is 1. The number of halogens is 2. The summed E-state index contributed by atoms with van der Waals surface area (Å²) in [6, 6.07) is 5.05. The predicted molar refractivity (Wildman–Crippen MR) is 62.1 cm³/mol. The molecule has 0 N–H and O–H groups in total. The van der Waals surface area contributed by atoms with Crippen LogP contribution in [0.4, 0.5) is 4.79 Å². The SMILES string of the molecule is O=C1OCCN1/N=C/c1ccc(Cl)cc1Cl. The molecule has 1 fully saturated rings. The molecule has 16 heavy (non-hydrogen) atoms. The molecule has 1 aromatic rings. The highest BCUT2D eigenvalue weighted by molar-refractivity contribution is 6.36. The number of benzene rings is 1. The van der Waals surface area contributed by atoms with Gasteiger partial charge in [-0.05, 0) is 12.1 Å². The number of ether oxygens (including phenoxy) is 1. The largest absolute Gasteiger partial charge is 0.446 e. The summed E-state index contributed by atoms with van der Waals surface area (Å²) < 4.78 is 4.72. The van der Waals surface area contributed by atoms with E-state index in [-0.39, 0.29) is 0 Å². The molecule has 1 amide bonds. The van der Waals surface area contributed by atoms with E-state index in [4.69, 9.17) is 27.9 Å². The Balaban J connectivity index is 2.14. The molecule has 6 heteroatoms. The second-order valence-electron chi connectivity index (χ2n) is 3.15. The van der Waals surface area contributed by atoms with E-state index in [1.165, 1.54) is 11.2 Å². The lowest BCUT2D eigenvalue weighted by Crippen LogP contribution is -2.17. The molecule has 1 heterocycles. The van der Waals surface area contributed by atoms with Crippen molar-refractivity contribution in [1.82, 2.24) is 5.01 Å². The Kier molecular flexibility index (Phi) is 3.31. The van der Waals surface area contributed by atoms with Gasteiger partial charge in [0.05, 0.1) is 17.8 Å². The maximum atomic E-state index is 11.1. The monoisotopic (exact) mass is 258 g/mol. The highest BCUT2D eigenvalue weighted by atomic mass is 35.5. The molecule has 0 bridgehead atoms. The molecule has 2 rings (SSSR count). The summed E-state index contributed by atoms with van der Waals surface area (Å²) in [7, 11) is 0. The lowest BCUT2D eigenvalue weighted by Gasteiger charge is -2.04. The van der Waals surface area contributed by atoms with E-state index in [1.54, 1.807) is 18.2 Å². The second-order valence-corrected chi connectivity index (χ2v) is 3.99. The third kappa shape index (κ3) is 2.46. The number of hydrogen-bond acceptors (Lipinski definition) is 3. The van der Waals surface area contributed by atoms with Crippen molar-refractivity contribution in [3.05, 3.63) is 33.8 Å². The summed E-state index contributed by atoms with van der Waals surface area (Å²) >= 11 is 11.7. The Morgan fingerprint density at radius 2 is 2.25 bits per heavy atom. The van der Waals surface area contributed by atoms with E-state index >= 15 is 0 Å². The van der Waals surface area contributed by atoms with E-state index in [0.717, 1.165) is 0 Å². The van der Waals surface area contributed by atoms with Gasteiger partial charge in [-0.15, -0.1) is 0 Å². The number of hydrogen-bond donors (Lipinski definition) is 0. The van der Waals surface area contributed by atoms with Crippen LogP contribution in [0.1, 0.15) is 5.56 Å². The van der Waals surface area contributed by atoms with Crippen LogP contribution in [-0.2, 0) is 4.74 Å². The smallest absolute Gasteiger partial charge is 0.430 e. The highest BCUT2D eigenvalue weighted by Crippen LogP contribution is 2.19. The quantitative estimate of drug-likeness (QED) is 0.766. The van der Waals surface area contributed by atoms with Crippen LogP contribution in [0.25, 0.3) is 0 Å². The van der Waals surface area contributed by atoms with Gasteiger partial charge in [0.2, 0.25) is 0 Å². The zero-order chi connectivity index (χ0) is 11.5. The molecular weight excluding hydrogens is 251 g/mol. The first-order chi connectivity index (χ1) is 7.66. The first-order valence-corrected chi connectivity index (χ1v) is 5.36. The van der Waals surface area contributed by atoms with Crippen LogP contribution in [0.5, 0.6) is 0 Å². The van der Waals surface area contributed by atoms with Gasteiger partial charge >= 0.3 is 6.09 Å². The summed E-state index contributed by atoms with van der Waals surface area (Å²) in [5, 5.41) is 6.26. The molecule has 0 atom stereocenters. The minimum atomic E-state index is -0.443. The Hall–Kier alpha value is -1.26. The number of amides is 1. The Morgan fingerprint density at radius 3 is 2.88 bits per heavy atom. The van der Waals surface area contributed by atoms with Crippen LogP contribution >= 0.6 is 23.2 Å². The van der Waals surface area contributed by atoms with Crippen molar-refractivity contribution >= 4 is 35.5 Å². The Bertz CT molecular complexity index is 448. The fourth-order valence-electron chi connectivity index (χ4n) is 1.23. The Morgan fingerprint density at radius 1 is 1.44 bits per heavy atom. The number of nitrogens with zero attached hydrogens (tertiary/aromatic N) is 2. The van der Waals surface area contributed by atoms with Crippen LogP contribution in [-0.4, -0.2) is 30.5 Å². The summed E-state index contributed by atoms with van der Waals surface area (Å²) in [5.74, 6) is 0. The zero-order valence-corrected chi connectivity index (χ0v) is 9.70. The minimum Gasteiger partial charge on any atom is -0.446 e.